The molecule has 3 N–H and O–H groups in total. The molecule has 16 heteroatoms. The number of esters is 3. The molecule has 57 heavy (non-hydrogen) atoms. The first-order valence-electron chi connectivity index (χ1n) is 20.4. The molecule has 0 aromatic rings. The Hall–Kier alpha value is -3.12. The van der Waals surface area contributed by atoms with Crippen molar-refractivity contribution in [2.45, 2.75) is 172 Å². The Morgan fingerprint density at radius 1 is 0.947 bits per heavy atom. The molecule has 0 spiro atoms. The summed E-state index contributed by atoms with van der Waals surface area (Å²) in [6.45, 7) is 5.19. The SMILES string of the molecule is CCCCCCCC(=O)O[C@H]1/C(=C/C(=O)OC)C[C@H]2C[C@H](CO)OC(=O)C[C@H](O)C[C@@H]3C[C@H](OC(=O)N(C)C)C[C@H](C[C@@H]4CCO[C@H](/C=C/C(C)(C)[C@]1(O)O2)O4)O3. The Bertz CT molecular complexity index is 1400. The Labute approximate surface area is 336 Å². The van der Waals surface area contributed by atoms with Gasteiger partial charge in [-0.2, -0.15) is 0 Å². The molecule has 0 saturated carbocycles. The van der Waals surface area contributed by atoms with Gasteiger partial charge in [0.05, 0.1) is 57.3 Å². The van der Waals surface area contributed by atoms with Crippen LogP contribution in [0.2, 0.25) is 0 Å². The van der Waals surface area contributed by atoms with Gasteiger partial charge in [-0.3, -0.25) is 9.59 Å². The Balaban J connectivity index is 1.68. The number of rotatable bonds is 10. The molecular weight excluding hydrogens is 746 g/mol. The molecule has 0 unspecified atom stereocenters. The predicted molar refractivity (Wildman–Crippen MR) is 203 cm³/mol. The fraction of sp³-hybridized carbons (Fsp3) is 0.805. The number of carbonyl (C=O) groups is 4. The summed E-state index contributed by atoms with van der Waals surface area (Å²) in [7, 11) is 4.39. The monoisotopic (exact) mass is 811 g/mol. The highest BCUT2D eigenvalue weighted by atomic mass is 16.7. The number of nitrogens with zero attached hydrogens (tertiary/aromatic N) is 1. The van der Waals surface area contributed by atoms with Gasteiger partial charge < -0.3 is 58.1 Å². The highest BCUT2D eigenvalue weighted by molar-refractivity contribution is 5.83. The molecular formula is C41H65NO15. The van der Waals surface area contributed by atoms with E-state index in [2.05, 4.69) is 6.92 Å². The molecule has 4 rings (SSSR count). The molecule has 16 nitrogen and oxygen atoms in total. The number of carbonyl (C=O) groups excluding carboxylic acids is 4. The molecule has 0 aliphatic carbocycles. The van der Waals surface area contributed by atoms with Crippen LogP contribution in [-0.2, 0) is 52.3 Å². The maximum absolute atomic E-state index is 13.3. The minimum Gasteiger partial charge on any atom is -0.466 e. The summed E-state index contributed by atoms with van der Waals surface area (Å²) in [6, 6.07) is 0. The lowest BCUT2D eigenvalue weighted by atomic mass is 9.74. The zero-order valence-corrected chi connectivity index (χ0v) is 34.4. The van der Waals surface area contributed by atoms with Crippen LogP contribution >= 0.6 is 0 Å². The fourth-order valence-corrected chi connectivity index (χ4v) is 7.76. The number of aliphatic hydroxyl groups is 3. The van der Waals surface area contributed by atoms with Gasteiger partial charge in [-0.1, -0.05) is 52.5 Å². The Kier molecular flexibility index (Phi) is 17.8. The number of fused-ring (bicyclic) bond motifs is 6. The van der Waals surface area contributed by atoms with Crippen molar-refractivity contribution in [3.05, 3.63) is 23.8 Å². The fourth-order valence-electron chi connectivity index (χ4n) is 7.76. The summed E-state index contributed by atoms with van der Waals surface area (Å²) < 4.78 is 47.4. The molecule has 324 valence electrons. The predicted octanol–water partition coefficient (Wildman–Crippen LogP) is 4.00. The lowest BCUT2D eigenvalue weighted by Crippen LogP contribution is -2.62. The van der Waals surface area contributed by atoms with Crippen molar-refractivity contribution in [3.63, 3.8) is 0 Å². The molecule has 4 aliphatic heterocycles. The van der Waals surface area contributed by atoms with Crippen LogP contribution in [0.1, 0.15) is 111 Å². The van der Waals surface area contributed by atoms with Crippen molar-refractivity contribution < 1.29 is 72.4 Å². The first kappa shape index (κ1) is 46.6. The lowest BCUT2D eigenvalue weighted by Gasteiger charge is -2.51. The summed E-state index contributed by atoms with van der Waals surface area (Å²) in [5, 5.41) is 34.1. The molecule has 3 saturated heterocycles. The van der Waals surface area contributed by atoms with Crippen molar-refractivity contribution >= 4 is 24.0 Å². The minimum atomic E-state index is -2.30. The number of cyclic esters (lactones) is 1. The number of hydrogen-bond acceptors (Lipinski definition) is 15. The topological polar surface area (TPSA) is 206 Å². The molecule has 4 aliphatic rings. The highest BCUT2D eigenvalue weighted by Gasteiger charge is 2.57. The van der Waals surface area contributed by atoms with E-state index < -0.39 is 97.2 Å². The van der Waals surface area contributed by atoms with Crippen molar-refractivity contribution in [2.24, 2.45) is 5.41 Å². The zero-order valence-electron chi connectivity index (χ0n) is 34.4. The lowest BCUT2D eigenvalue weighted by molar-refractivity contribution is -0.327. The van der Waals surface area contributed by atoms with Crippen LogP contribution in [0, 0.1) is 5.41 Å². The maximum atomic E-state index is 13.3. The van der Waals surface area contributed by atoms with Crippen molar-refractivity contribution in [3.8, 4) is 0 Å². The van der Waals surface area contributed by atoms with E-state index in [0.29, 0.717) is 38.7 Å². The maximum Gasteiger partial charge on any atom is 0.409 e. The van der Waals surface area contributed by atoms with Crippen LogP contribution < -0.4 is 0 Å². The third-order valence-electron chi connectivity index (χ3n) is 10.9. The molecule has 10 atom stereocenters. The van der Waals surface area contributed by atoms with Gasteiger partial charge in [0.2, 0.25) is 5.79 Å². The highest BCUT2D eigenvalue weighted by Crippen LogP contribution is 2.47. The number of unbranched alkanes of at least 4 members (excludes halogenated alkanes) is 4. The van der Waals surface area contributed by atoms with Gasteiger partial charge in [-0.25, -0.2) is 9.59 Å². The summed E-state index contributed by atoms with van der Waals surface area (Å²) in [5.74, 6) is -4.41. The third-order valence-corrected chi connectivity index (χ3v) is 10.9. The second-order valence-corrected chi connectivity index (χ2v) is 16.4. The van der Waals surface area contributed by atoms with Crippen molar-refractivity contribution in [1.29, 1.82) is 0 Å². The standard InChI is InChI=1S/C41H65NO15/c1-7-8-9-10-11-12-34(45)56-38-26(18-35(46)50-6)17-32-24-33(25-43)53-36(47)20-27(44)19-29-22-31(55-39(48)42(4)5)23-30(52-29)21-28-14-16-51-37(54-28)13-15-40(2,3)41(38,49)57-32/h13,15,18,27-33,37-38,43-44,49H,7-12,14,16-17,19-25H2,1-6H3/b15-13+,26-18+/t27-,28+,29-,30+,31+,32+,33-,37+,38+,41-/m1/s1. The van der Waals surface area contributed by atoms with Gasteiger partial charge in [0.1, 0.15) is 12.2 Å². The van der Waals surface area contributed by atoms with Crippen LogP contribution in [-0.4, -0.2) is 140 Å². The molecule has 0 aromatic heterocycles. The summed E-state index contributed by atoms with van der Waals surface area (Å²) in [5.41, 5.74) is -1.14. The molecule has 3 fully saturated rings. The van der Waals surface area contributed by atoms with Crippen molar-refractivity contribution in [2.75, 3.05) is 34.4 Å². The van der Waals surface area contributed by atoms with Crippen LogP contribution in [0.3, 0.4) is 0 Å². The third kappa shape index (κ3) is 13.7. The molecule has 6 bridgehead atoms. The normalized spacial score (nSPS) is 34.9. The largest absolute Gasteiger partial charge is 0.466 e. The number of methoxy groups -OCH3 is 1. The van der Waals surface area contributed by atoms with E-state index in [4.69, 9.17) is 37.9 Å². The van der Waals surface area contributed by atoms with E-state index in [-0.39, 0.29) is 37.4 Å². The smallest absolute Gasteiger partial charge is 0.409 e. The van der Waals surface area contributed by atoms with Crippen LogP contribution in [0.15, 0.2) is 23.8 Å². The molecule has 0 radical (unpaired) electrons. The van der Waals surface area contributed by atoms with Gasteiger partial charge in [-0.15, -0.1) is 0 Å². The van der Waals surface area contributed by atoms with Crippen LogP contribution in [0.5, 0.6) is 0 Å². The van der Waals surface area contributed by atoms with E-state index in [1.807, 2.05) is 0 Å². The first-order valence-corrected chi connectivity index (χ1v) is 20.4. The average molecular weight is 812 g/mol. The van der Waals surface area contributed by atoms with Crippen LogP contribution in [0.4, 0.5) is 4.79 Å². The van der Waals surface area contributed by atoms with Gasteiger partial charge in [0.15, 0.2) is 12.4 Å². The number of ether oxygens (including phenoxy) is 8. The second-order valence-electron chi connectivity index (χ2n) is 16.4. The van der Waals surface area contributed by atoms with Gasteiger partial charge in [-0.05, 0) is 30.9 Å². The number of aliphatic hydroxyl groups excluding tert-OH is 2. The quantitative estimate of drug-likeness (QED) is 0.0938. The molecule has 0 aromatic carbocycles. The van der Waals surface area contributed by atoms with E-state index >= 15 is 0 Å². The van der Waals surface area contributed by atoms with Gasteiger partial charge >= 0.3 is 24.0 Å². The van der Waals surface area contributed by atoms with Gasteiger partial charge in [0, 0.05) is 64.1 Å². The zero-order chi connectivity index (χ0) is 41.8. The minimum absolute atomic E-state index is 0.0431. The molecule has 4 heterocycles. The molecule has 1 amide bonds. The number of amides is 1. The van der Waals surface area contributed by atoms with Crippen molar-refractivity contribution in [1.82, 2.24) is 4.90 Å². The van der Waals surface area contributed by atoms with E-state index in [1.165, 1.54) is 12.0 Å². The second kappa shape index (κ2) is 21.8. The Morgan fingerprint density at radius 3 is 2.35 bits per heavy atom. The van der Waals surface area contributed by atoms with Crippen LogP contribution in [0.25, 0.3) is 0 Å². The Morgan fingerprint density at radius 2 is 1.67 bits per heavy atom. The average Bonchev–Trinajstić information content (AvgIpc) is 3.14. The number of hydrogen-bond donors (Lipinski definition) is 3. The summed E-state index contributed by atoms with van der Waals surface area (Å²) in [4.78, 5) is 53.1. The van der Waals surface area contributed by atoms with E-state index in [9.17, 15) is 34.5 Å². The van der Waals surface area contributed by atoms with E-state index in [1.54, 1.807) is 40.1 Å². The van der Waals surface area contributed by atoms with Gasteiger partial charge in [0.25, 0.3) is 0 Å². The summed E-state index contributed by atoms with van der Waals surface area (Å²) in [6.07, 6.45) is 2.33. The van der Waals surface area contributed by atoms with E-state index in [0.717, 1.165) is 31.8 Å². The first-order chi connectivity index (χ1) is 27.0. The summed E-state index contributed by atoms with van der Waals surface area (Å²) >= 11 is 0.